The van der Waals surface area contributed by atoms with Crippen LogP contribution >= 0.6 is 0 Å². The molecule has 1 amide bonds. The standard InChI is InChI=1S/C20H29NO5/c1-12-7-6-8-17(13(12)2)21-19(22)14(3)26-20(23)16-10-9-15(24-4)11-18(16)25-5/h9-14,17H,6-8H2,1-5H3,(H,21,22)/t12-,13-,14-,17-/m1/s1. The molecule has 0 aliphatic heterocycles. The predicted octanol–water partition coefficient (Wildman–Crippen LogP) is 3.19. The maximum absolute atomic E-state index is 12.4. The summed E-state index contributed by atoms with van der Waals surface area (Å²) in [6.07, 6.45) is 2.38. The van der Waals surface area contributed by atoms with Gasteiger partial charge in [-0.3, -0.25) is 4.79 Å². The van der Waals surface area contributed by atoms with Crippen LogP contribution in [0.1, 0.15) is 50.4 Å². The first-order valence-corrected chi connectivity index (χ1v) is 9.10. The Labute approximate surface area is 155 Å². The quantitative estimate of drug-likeness (QED) is 0.786. The minimum Gasteiger partial charge on any atom is -0.497 e. The normalized spacial score (nSPS) is 23.7. The van der Waals surface area contributed by atoms with Crippen molar-refractivity contribution in [3.8, 4) is 11.5 Å². The number of methoxy groups -OCH3 is 2. The van der Waals surface area contributed by atoms with Crippen LogP contribution in [0.25, 0.3) is 0 Å². The van der Waals surface area contributed by atoms with Crippen LogP contribution in [0.2, 0.25) is 0 Å². The summed E-state index contributed by atoms with van der Waals surface area (Å²) in [4.78, 5) is 24.9. The SMILES string of the molecule is COc1ccc(C(=O)O[C@H](C)C(=O)N[C@@H]2CCC[C@@H](C)[C@H]2C)c(OC)c1. The fourth-order valence-corrected chi connectivity index (χ4v) is 3.33. The van der Waals surface area contributed by atoms with E-state index in [0.717, 1.165) is 12.8 Å². The van der Waals surface area contributed by atoms with Crippen LogP contribution in [0.15, 0.2) is 18.2 Å². The third-order valence-electron chi connectivity index (χ3n) is 5.32. The molecule has 1 aliphatic rings. The molecule has 0 spiro atoms. The summed E-state index contributed by atoms with van der Waals surface area (Å²) in [5.41, 5.74) is 0.257. The lowest BCUT2D eigenvalue weighted by Crippen LogP contribution is -2.47. The van der Waals surface area contributed by atoms with Crippen LogP contribution in [0.3, 0.4) is 0 Å². The summed E-state index contributed by atoms with van der Waals surface area (Å²) >= 11 is 0. The minimum atomic E-state index is -0.876. The van der Waals surface area contributed by atoms with Crippen molar-refractivity contribution < 1.29 is 23.8 Å². The van der Waals surface area contributed by atoms with Crippen molar-refractivity contribution in [2.45, 2.75) is 52.2 Å². The first-order valence-electron chi connectivity index (χ1n) is 9.10. The Morgan fingerprint density at radius 3 is 2.54 bits per heavy atom. The van der Waals surface area contributed by atoms with Gasteiger partial charge in [0.2, 0.25) is 0 Å². The van der Waals surface area contributed by atoms with Gasteiger partial charge in [-0.2, -0.15) is 0 Å². The summed E-state index contributed by atoms with van der Waals surface area (Å²) in [5, 5.41) is 3.04. The third kappa shape index (κ3) is 4.68. The number of carbonyl (C=O) groups excluding carboxylic acids is 2. The molecule has 6 nitrogen and oxygen atoms in total. The van der Waals surface area contributed by atoms with Gasteiger partial charge in [0, 0.05) is 12.1 Å². The lowest BCUT2D eigenvalue weighted by molar-refractivity contribution is -0.130. The van der Waals surface area contributed by atoms with Gasteiger partial charge in [-0.15, -0.1) is 0 Å². The van der Waals surface area contributed by atoms with Gasteiger partial charge in [-0.25, -0.2) is 4.79 Å². The smallest absolute Gasteiger partial charge is 0.342 e. The minimum absolute atomic E-state index is 0.128. The molecule has 0 aromatic heterocycles. The van der Waals surface area contributed by atoms with Gasteiger partial charge in [-0.05, 0) is 37.3 Å². The van der Waals surface area contributed by atoms with Gasteiger partial charge in [-0.1, -0.05) is 26.7 Å². The zero-order chi connectivity index (χ0) is 19.3. The Balaban J connectivity index is 1.99. The highest BCUT2D eigenvalue weighted by atomic mass is 16.5. The van der Waals surface area contributed by atoms with E-state index in [1.165, 1.54) is 20.6 Å². The molecule has 0 heterocycles. The molecule has 0 unspecified atom stereocenters. The van der Waals surface area contributed by atoms with E-state index in [9.17, 15) is 9.59 Å². The molecule has 1 aromatic carbocycles. The lowest BCUT2D eigenvalue weighted by atomic mass is 9.78. The topological polar surface area (TPSA) is 73.9 Å². The summed E-state index contributed by atoms with van der Waals surface area (Å²) in [6.45, 7) is 5.95. The van der Waals surface area contributed by atoms with Crippen molar-refractivity contribution in [1.82, 2.24) is 5.32 Å². The fraction of sp³-hybridized carbons (Fsp3) is 0.600. The van der Waals surface area contributed by atoms with Crippen molar-refractivity contribution in [1.29, 1.82) is 0 Å². The van der Waals surface area contributed by atoms with Gasteiger partial charge < -0.3 is 19.5 Å². The fourth-order valence-electron chi connectivity index (χ4n) is 3.33. The molecular formula is C20H29NO5. The number of hydrogen-bond donors (Lipinski definition) is 1. The molecule has 0 bridgehead atoms. The molecule has 1 aliphatic carbocycles. The Morgan fingerprint density at radius 2 is 1.88 bits per heavy atom. The van der Waals surface area contributed by atoms with Gasteiger partial charge in [0.1, 0.15) is 17.1 Å². The molecule has 0 radical (unpaired) electrons. The van der Waals surface area contributed by atoms with E-state index >= 15 is 0 Å². The first-order chi connectivity index (χ1) is 12.4. The van der Waals surface area contributed by atoms with E-state index in [-0.39, 0.29) is 17.5 Å². The second-order valence-electron chi connectivity index (χ2n) is 7.00. The maximum atomic E-state index is 12.4. The summed E-state index contributed by atoms with van der Waals surface area (Å²) in [5.74, 6) is 1.04. The zero-order valence-corrected chi connectivity index (χ0v) is 16.2. The third-order valence-corrected chi connectivity index (χ3v) is 5.32. The molecule has 2 rings (SSSR count). The van der Waals surface area contributed by atoms with E-state index < -0.39 is 12.1 Å². The number of amides is 1. The van der Waals surface area contributed by atoms with Crippen LogP contribution in [0, 0.1) is 11.8 Å². The molecule has 26 heavy (non-hydrogen) atoms. The average Bonchev–Trinajstić information content (AvgIpc) is 2.64. The van der Waals surface area contributed by atoms with Crippen LogP contribution < -0.4 is 14.8 Å². The molecular weight excluding hydrogens is 334 g/mol. The van der Waals surface area contributed by atoms with Crippen molar-refractivity contribution in [2.75, 3.05) is 14.2 Å². The predicted molar refractivity (Wildman–Crippen MR) is 98.5 cm³/mol. The summed E-state index contributed by atoms with van der Waals surface area (Å²) < 4.78 is 15.7. The number of ether oxygens (including phenoxy) is 3. The molecule has 0 saturated heterocycles. The number of carbonyl (C=O) groups is 2. The van der Waals surface area contributed by atoms with Gasteiger partial charge >= 0.3 is 5.97 Å². The van der Waals surface area contributed by atoms with Crippen molar-refractivity contribution in [3.05, 3.63) is 23.8 Å². The number of esters is 1. The van der Waals surface area contributed by atoms with E-state index in [4.69, 9.17) is 14.2 Å². The Kier molecular flexibility index (Phi) is 6.89. The molecule has 4 atom stereocenters. The van der Waals surface area contributed by atoms with E-state index in [1.54, 1.807) is 25.1 Å². The van der Waals surface area contributed by atoms with E-state index in [0.29, 0.717) is 23.3 Å². The lowest BCUT2D eigenvalue weighted by Gasteiger charge is -2.35. The largest absolute Gasteiger partial charge is 0.497 e. The highest BCUT2D eigenvalue weighted by molar-refractivity contribution is 5.95. The molecule has 6 heteroatoms. The van der Waals surface area contributed by atoms with Crippen molar-refractivity contribution in [3.63, 3.8) is 0 Å². The molecule has 1 N–H and O–H groups in total. The van der Waals surface area contributed by atoms with Crippen LogP contribution in [-0.2, 0) is 9.53 Å². The van der Waals surface area contributed by atoms with Gasteiger partial charge in [0.05, 0.1) is 14.2 Å². The first kappa shape index (κ1) is 20.1. The second kappa shape index (κ2) is 8.92. The number of hydrogen-bond acceptors (Lipinski definition) is 5. The molecule has 1 saturated carbocycles. The molecule has 144 valence electrons. The number of benzene rings is 1. The summed E-state index contributed by atoms with van der Waals surface area (Å²) in [6, 6.07) is 4.94. The van der Waals surface area contributed by atoms with Gasteiger partial charge in [0.15, 0.2) is 6.10 Å². The molecule has 1 fully saturated rings. The van der Waals surface area contributed by atoms with Crippen LogP contribution in [0.4, 0.5) is 0 Å². The molecule has 1 aromatic rings. The highest BCUT2D eigenvalue weighted by Crippen LogP contribution is 2.29. The average molecular weight is 363 g/mol. The highest BCUT2D eigenvalue weighted by Gasteiger charge is 2.30. The van der Waals surface area contributed by atoms with Gasteiger partial charge in [0.25, 0.3) is 5.91 Å². The second-order valence-corrected chi connectivity index (χ2v) is 7.00. The van der Waals surface area contributed by atoms with E-state index in [1.807, 2.05) is 0 Å². The van der Waals surface area contributed by atoms with Crippen molar-refractivity contribution in [2.24, 2.45) is 11.8 Å². The number of rotatable bonds is 6. The van der Waals surface area contributed by atoms with Crippen molar-refractivity contribution >= 4 is 11.9 Å². The number of nitrogens with one attached hydrogen (secondary N) is 1. The van der Waals surface area contributed by atoms with Crippen LogP contribution in [0.5, 0.6) is 11.5 Å². The Hall–Kier alpha value is -2.24. The Bertz CT molecular complexity index is 645. The van der Waals surface area contributed by atoms with E-state index in [2.05, 4.69) is 19.2 Å². The Morgan fingerprint density at radius 1 is 1.15 bits per heavy atom. The monoisotopic (exact) mass is 363 g/mol. The zero-order valence-electron chi connectivity index (χ0n) is 16.2. The summed E-state index contributed by atoms with van der Waals surface area (Å²) in [7, 11) is 3.00. The maximum Gasteiger partial charge on any atom is 0.342 e. The van der Waals surface area contributed by atoms with Crippen LogP contribution in [-0.4, -0.2) is 38.2 Å².